The van der Waals surface area contributed by atoms with E-state index in [0.717, 1.165) is 29.7 Å². The fourth-order valence-electron chi connectivity index (χ4n) is 3.27. The Morgan fingerprint density at radius 1 is 1.15 bits per heavy atom. The number of fused-ring (bicyclic) bond motifs is 1. The van der Waals surface area contributed by atoms with Crippen LogP contribution in [0.2, 0.25) is 0 Å². The summed E-state index contributed by atoms with van der Waals surface area (Å²) in [5, 5.41) is 2.99. The van der Waals surface area contributed by atoms with Crippen LogP contribution >= 0.6 is 0 Å². The number of nitrogens with zero attached hydrogens (tertiary/aromatic N) is 3. The molecule has 0 spiro atoms. The molecule has 1 aromatic heterocycles. The number of amides is 3. The molecule has 0 radical (unpaired) electrons. The van der Waals surface area contributed by atoms with E-state index in [1.165, 1.54) is 0 Å². The fraction of sp³-hybridized carbons (Fsp3) is 0.550. The number of aryl methyl sites for hydroxylation is 1. The van der Waals surface area contributed by atoms with Gasteiger partial charge in [-0.1, -0.05) is 6.92 Å². The van der Waals surface area contributed by atoms with E-state index in [1.807, 2.05) is 50.8 Å². The van der Waals surface area contributed by atoms with Crippen molar-refractivity contribution in [2.75, 3.05) is 26.2 Å². The fourth-order valence-corrected chi connectivity index (χ4v) is 3.27. The molecule has 2 heterocycles. The molecule has 7 heteroatoms. The number of nitrogens with one attached hydrogen (secondary N) is 2. The number of imidazole rings is 1. The molecule has 2 aromatic rings. The molecule has 0 atom stereocenters. The molecule has 2 N–H and O–H groups in total. The average Bonchev–Trinajstić information content (AvgIpc) is 2.86. The van der Waals surface area contributed by atoms with Gasteiger partial charge in [0, 0.05) is 43.7 Å². The third-order valence-electron chi connectivity index (χ3n) is 4.67. The van der Waals surface area contributed by atoms with Gasteiger partial charge in [-0.3, -0.25) is 4.79 Å². The van der Waals surface area contributed by atoms with Crippen LogP contribution < -0.4 is 5.32 Å². The number of carbonyl (C=O) groups excluding carboxylic acids is 2. The molecule has 1 aliphatic heterocycles. The van der Waals surface area contributed by atoms with Crippen molar-refractivity contribution in [2.24, 2.45) is 0 Å². The minimum atomic E-state index is -0.268. The highest BCUT2D eigenvalue weighted by Gasteiger charge is 2.25. The Kier molecular flexibility index (Phi) is 5.39. The first-order chi connectivity index (χ1) is 12.8. The van der Waals surface area contributed by atoms with Gasteiger partial charge in [0.25, 0.3) is 5.91 Å². The molecule has 3 rings (SSSR count). The van der Waals surface area contributed by atoms with E-state index in [9.17, 15) is 9.59 Å². The maximum atomic E-state index is 13.0. The summed E-state index contributed by atoms with van der Waals surface area (Å²) in [6.07, 6.45) is 1.60. The van der Waals surface area contributed by atoms with Crippen molar-refractivity contribution in [3.05, 3.63) is 29.6 Å². The Morgan fingerprint density at radius 2 is 1.85 bits per heavy atom. The third-order valence-corrected chi connectivity index (χ3v) is 4.67. The minimum Gasteiger partial charge on any atom is -0.342 e. The summed E-state index contributed by atoms with van der Waals surface area (Å²) in [6.45, 7) is 10.3. The molecular weight excluding hydrogens is 342 g/mol. The van der Waals surface area contributed by atoms with Crippen LogP contribution in [-0.4, -0.2) is 63.4 Å². The molecule has 0 aliphatic carbocycles. The second kappa shape index (κ2) is 7.58. The van der Waals surface area contributed by atoms with Crippen molar-refractivity contribution in [3.8, 4) is 0 Å². The van der Waals surface area contributed by atoms with Gasteiger partial charge in [0.05, 0.1) is 11.0 Å². The first-order valence-corrected chi connectivity index (χ1v) is 9.62. The molecular formula is C20H29N5O2. The van der Waals surface area contributed by atoms with Crippen molar-refractivity contribution in [3.63, 3.8) is 0 Å². The SMILES string of the molecule is CCc1nc2ccc(C(=O)N3CCCN(C(=O)NC(C)(C)C)CC3)cc2[nH]1. The molecule has 7 nitrogen and oxygen atoms in total. The largest absolute Gasteiger partial charge is 0.342 e. The zero-order valence-electron chi connectivity index (χ0n) is 16.6. The highest BCUT2D eigenvalue weighted by atomic mass is 16.2. The Morgan fingerprint density at radius 3 is 2.56 bits per heavy atom. The quantitative estimate of drug-likeness (QED) is 0.852. The molecule has 0 unspecified atom stereocenters. The second-order valence-electron chi connectivity index (χ2n) is 8.08. The lowest BCUT2D eigenvalue weighted by Gasteiger charge is -2.27. The molecule has 1 fully saturated rings. The first-order valence-electron chi connectivity index (χ1n) is 9.62. The van der Waals surface area contributed by atoms with Crippen LogP contribution in [0.3, 0.4) is 0 Å². The topological polar surface area (TPSA) is 81.3 Å². The molecule has 27 heavy (non-hydrogen) atoms. The highest BCUT2D eigenvalue weighted by Crippen LogP contribution is 2.17. The minimum absolute atomic E-state index is 0.00243. The van der Waals surface area contributed by atoms with Crippen molar-refractivity contribution >= 4 is 23.0 Å². The van der Waals surface area contributed by atoms with Gasteiger partial charge < -0.3 is 20.1 Å². The van der Waals surface area contributed by atoms with E-state index in [-0.39, 0.29) is 17.5 Å². The zero-order chi connectivity index (χ0) is 19.6. The Labute approximate surface area is 160 Å². The monoisotopic (exact) mass is 371 g/mol. The van der Waals surface area contributed by atoms with Crippen molar-refractivity contribution in [1.29, 1.82) is 0 Å². The Balaban J connectivity index is 1.68. The summed E-state index contributed by atoms with van der Waals surface area (Å²) in [5.41, 5.74) is 2.15. The molecule has 0 bridgehead atoms. The van der Waals surface area contributed by atoms with E-state index in [2.05, 4.69) is 15.3 Å². The van der Waals surface area contributed by atoms with E-state index >= 15 is 0 Å². The normalized spacial score (nSPS) is 15.7. The Bertz CT molecular complexity index is 836. The van der Waals surface area contributed by atoms with Crippen molar-refractivity contribution in [2.45, 2.75) is 46.1 Å². The van der Waals surface area contributed by atoms with Gasteiger partial charge in [0.2, 0.25) is 0 Å². The number of hydrogen-bond acceptors (Lipinski definition) is 3. The maximum Gasteiger partial charge on any atom is 0.317 e. The van der Waals surface area contributed by atoms with E-state index in [1.54, 1.807) is 4.90 Å². The summed E-state index contributed by atoms with van der Waals surface area (Å²) in [7, 11) is 0. The van der Waals surface area contributed by atoms with Gasteiger partial charge in [-0.15, -0.1) is 0 Å². The Hall–Kier alpha value is -2.57. The second-order valence-corrected chi connectivity index (χ2v) is 8.08. The summed E-state index contributed by atoms with van der Waals surface area (Å²) in [5.74, 6) is 0.924. The van der Waals surface area contributed by atoms with Gasteiger partial charge in [-0.25, -0.2) is 9.78 Å². The van der Waals surface area contributed by atoms with Crippen molar-refractivity contribution < 1.29 is 9.59 Å². The standard InChI is InChI=1S/C20H29N5O2/c1-5-17-21-15-8-7-14(13-16(15)22-17)18(26)24-9-6-10-25(12-11-24)19(27)23-20(2,3)4/h7-8,13H,5-6,9-12H2,1-4H3,(H,21,22)(H,23,27). The molecule has 1 aliphatic rings. The zero-order valence-corrected chi connectivity index (χ0v) is 16.6. The number of rotatable bonds is 2. The van der Waals surface area contributed by atoms with Crippen LogP contribution in [0.1, 0.15) is 50.3 Å². The number of hydrogen-bond donors (Lipinski definition) is 2. The lowest BCUT2D eigenvalue weighted by atomic mass is 10.1. The molecule has 1 aromatic carbocycles. The van der Waals surface area contributed by atoms with Crippen LogP contribution in [0.25, 0.3) is 11.0 Å². The average molecular weight is 371 g/mol. The van der Waals surface area contributed by atoms with E-state index in [4.69, 9.17) is 0 Å². The first kappa shape index (κ1) is 19.2. The van der Waals surface area contributed by atoms with Crippen LogP contribution in [0.15, 0.2) is 18.2 Å². The number of aromatic amines is 1. The molecule has 0 saturated carbocycles. The van der Waals surface area contributed by atoms with Gasteiger partial charge in [-0.05, 0) is 45.4 Å². The lowest BCUT2D eigenvalue weighted by Crippen LogP contribution is -2.49. The van der Waals surface area contributed by atoms with E-state index < -0.39 is 0 Å². The van der Waals surface area contributed by atoms with Gasteiger partial charge in [0.15, 0.2) is 0 Å². The summed E-state index contributed by atoms with van der Waals surface area (Å²) in [6, 6.07) is 5.53. The molecule has 1 saturated heterocycles. The number of benzene rings is 1. The third kappa shape index (κ3) is 4.59. The predicted octanol–water partition coefficient (Wildman–Crippen LogP) is 2.78. The lowest BCUT2D eigenvalue weighted by molar-refractivity contribution is 0.0762. The number of H-pyrrole nitrogens is 1. The van der Waals surface area contributed by atoms with Gasteiger partial charge >= 0.3 is 6.03 Å². The smallest absolute Gasteiger partial charge is 0.317 e. The summed E-state index contributed by atoms with van der Waals surface area (Å²) >= 11 is 0. The van der Waals surface area contributed by atoms with Crippen LogP contribution in [0, 0.1) is 0 Å². The van der Waals surface area contributed by atoms with Gasteiger partial charge in [-0.2, -0.15) is 0 Å². The van der Waals surface area contributed by atoms with E-state index in [0.29, 0.717) is 31.7 Å². The molecule has 3 amide bonds. The number of carbonyl (C=O) groups is 2. The number of aromatic nitrogens is 2. The van der Waals surface area contributed by atoms with Gasteiger partial charge in [0.1, 0.15) is 5.82 Å². The summed E-state index contributed by atoms with van der Waals surface area (Å²) in [4.78, 5) is 36.7. The summed E-state index contributed by atoms with van der Waals surface area (Å²) < 4.78 is 0. The van der Waals surface area contributed by atoms with Crippen LogP contribution in [0.4, 0.5) is 4.79 Å². The van der Waals surface area contributed by atoms with Crippen molar-refractivity contribution in [1.82, 2.24) is 25.1 Å². The molecule has 146 valence electrons. The maximum absolute atomic E-state index is 13.0. The predicted molar refractivity (Wildman–Crippen MR) is 106 cm³/mol. The highest BCUT2D eigenvalue weighted by molar-refractivity contribution is 5.97. The van der Waals surface area contributed by atoms with Crippen LogP contribution in [-0.2, 0) is 6.42 Å². The number of urea groups is 1. The van der Waals surface area contributed by atoms with Crippen LogP contribution in [0.5, 0.6) is 0 Å².